The number of hydrogen-bond donors (Lipinski definition) is 1. The van der Waals surface area contributed by atoms with E-state index in [0.717, 1.165) is 18.7 Å². The Labute approximate surface area is 159 Å². The number of hydrogen-bond acceptors (Lipinski definition) is 3. The lowest BCUT2D eigenvalue weighted by molar-refractivity contribution is -0.141. The number of benzene rings is 2. The van der Waals surface area contributed by atoms with E-state index in [1.807, 2.05) is 42.5 Å². The third-order valence-corrected chi connectivity index (χ3v) is 5.77. The van der Waals surface area contributed by atoms with E-state index in [9.17, 15) is 14.7 Å². The standard InChI is InChI=1S/C22H24N2O3/c25-21(10-11-23-12-17-8-4-5-9-18(17)13-23)24-14-19(20(15-24)22(26)27)16-6-2-1-3-7-16/h1-9,19-20H,10-15H2,(H,26,27)/t19-,20+/m0/s1. The average Bonchev–Trinajstić information content (AvgIpc) is 3.31. The predicted molar refractivity (Wildman–Crippen MR) is 102 cm³/mol. The summed E-state index contributed by atoms with van der Waals surface area (Å²) in [7, 11) is 0. The van der Waals surface area contributed by atoms with E-state index in [0.29, 0.717) is 26.1 Å². The van der Waals surface area contributed by atoms with Crippen molar-refractivity contribution in [3.8, 4) is 0 Å². The molecule has 2 aliphatic rings. The first-order valence-corrected chi connectivity index (χ1v) is 9.46. The Bertz CT molecular complexity index is 811. The highest BCUT2D eigenvalue weighted by molar-refractivity contribution is 5.79. The number of amides is 1. The molecular formula is C22H24N2O3. The molecule has 1 fully saturated rings. The molecule has 5 nitrogen and oxygen atoms in total. The van der Waals surface area contributed by atoms with Crippen molar-refractivity contribution in [2.45, 2.75) is 25.4 Å². The Morgan fingerprint density at radius 2 is 1.56 bits per heavy atom. The lowest BCUT2D eigenvalue weighted by Crippen LogP contribution is -2.32. The molecule has 4 rings (SSSR count). The van der Waals surface area contributed by atoms with E-state index in [2.05, 4.69) is 17.0 Å². The Morgan fingerprint density at radius 3 is 2.19 bits per heavy atom. The van der Waals surface area contributed by atoms with Crippen LogP contribution in [0.25, 0.3) is 0 Å². The molecule has 2 aromatic carbocycles. The van der Waals surface area contributed by atoms with Gasteiger partial charge in [0.05, 0.1) is 5.92 Å². The summed E-state index contributed by atoms with van der Waals surface area (Å²) in [4.78, 5) is 28.4. The molecule has 0 unspecified atom stereocenters. The highest BCUT2D eigenvalue weighted by Crippen LogP contribution is 2.33. The van der Waals surface area contributed by atoms with Gasteiger partial charge in [0.25, 0.3) is 0 Å². The van der Waals surface area contributed by atoms with Crippen LogP contribution in [-0.2, 0) is 22.7 Å². The fourth-order valence-corrected chi connectivity index (χ4v) is 4.27. The number of nitrogens with zero attached hydrogens (tertiary/aromatic N) is 2. The van der Waals surface area contributed by atoms with Crippen molar-refractivity contribution in [1.29, 1.82) is 0 Å². The van der Waals surface area contributed by atoms with Crippen LogP contribution in [0, 0.1) is 5.92 Å². The monoisotopic (exact) mass is 364 g/mol. The summed E-state index contributed by atoms with van der Waals surface area (Å²) < 4.78 is 0. The molecule has 1 N–H and O–H groups in total. The van der Waals surface area contributed by atoms with Crippen LogP contribution >= 0.6 is 0 Å². The number of carboxylic acid groups (broad SMARTS) is 1. The maximum atomic E-state index is 12.7. The van der Waals surface area contributed by atoms with Crippen LogP contribution in [0.3, 0.4) is 0 Å². The molecule has 2 aromatic rings. The lowest BCUT2D eigenvalue weighted by atomic mass is 9.89. The number of carbonyl (C=O) groups excluding carboxylic acids is 1. The smallest absolute Gasteiger partial charge is 0.308 e. The van der Waals surface area contributed by atoms with E-state index in [4.69, 9.17) is 0 Å². The Morgan fingerprint density at radius 1 is 0.926 bits per heavy atom. The zero-order valence-electron chi connectivity index (χ0n) is 15.3. The average molecular weight is 364 g/mol. The molecule has 0 bridgehead atoms. The second kappa shape index (κ2) is 7.53. The van der Waals surface area contributed by atoms with Crippen LogP contribution in [0.5, 0.6) is 0 Å². The van der Waals surface area contributed by atoms with Crippen LogP contribution in [0.4, 0.5) is 0 Å². The topological polar surface area (TPSA) is 60.9 Å². The maximum Gasteiger partial charge on any atom is 0.308 e. The van der Waals surface area contributed by atoms with Crippen LogP contribution in [-0.4, -0.2) is 46.4 Å². The Hall–Kier alpha value is -2.66. The Kier molecular flexibility index (Phi) is 4.94. The molecule has 140 valence electrons. The molecule has 5 heteroatoms. The lowest BCUT2D eigenvalue weighted by Gasteiger charge is -2.19. The van der Waals surface area contributed by atoms with Gasteiger partial charge in [-0.1, -0.05) is 54.6 Å². The van der Waals surface area contributed by atoms with Crippen molar-refractivity contribution in [3.05, 3.63) is 71.3 Å². The number of likely N-dealkylation sites (tertiary alicyclic amines) is 1. The van der Waals surface area contributed by atoms with Crippen molar-refractivity contribution < 1.29 is 14.7 Å². The van der Waals surface area contributed by atoms with Gasteiger partial charge >= 0.3 is 5.97 Å². The predicted octanol–water partition coefficient (Wildman–Crippen LogP) is 2.72. The molecule has 2 heterocycles. The van der Waals surface area contributed by atoms with Gasteiger partial charge in [-0.15, -0.1) is 0 Å². The second-order valence-electron chi connectivity index (χ2n) is 7.49. The summed E-state index contributed by atoms with van der Waals surface area (Å²) >= 11 is 0. The molecule has 1 amide bonds. The number of carboxylic acids is 1. The molecular weight excluding hydrogens is 340 g/mol. The van der Waals surface area contributed by atoms with Crippen molar-refractivity contribution >= 4 is 11.9 Å². The van der Waals surface area contributed by atoms with Crippen LogP contribution in [0.2, 0.25) is 0 Å². The first-order valence-electron chi connectivity index (χ1n) is 9.46. The SMILES string of the molecule is O=C(O)[C@@H]1CN(C(=O)CCN2Cc3ccccc3C2)C[C@H]1c1ccccc1. The number of aliphatic carboxylic acids is 1. The van der Waals surface area contributed by atoms with Gasteiger partial charge in [0.2, 0.25) is 5.91 Å². The van der Waals surface area contributed by atoms with Crippen LogP contribution < -0.4 is 0 Å². The minimum absolute atomic E-state index is 0.0515. The molecule has 2 aliphatic heterocycles. The van der Waals surface area contributed by atoms with Crippen molar-refractivity contribution in [3.63, 3.8) is 0 Å². The third kappa shape index (κ3) is 3.74. The molecule has 1 saturated heterocycles. The van der Waals surface area contributed by atoms with Gasteiger partial charge in [-0.25, -0.2) is 0 Å². The number of rotatable bonds is 5. The summed E-state index contributed by atoms with van der Waals surface area (Å²) in [6, 6.07) is 18.0. The summed E-state index contributed by atoms with van der Waals surface area (Å²) in [6.45, 7) is 3.26. The van der Waals surface area contributed by atoms with E-state index < -0.39 is 11.9 Å². The molecule has 0 spiro atoms. The Balaban J connectivity index is 1.36. The van der Waals surface area contributed by atoms with Crippen molar-refractivity contribution in [1.82, 2.24) is 9.80 Å². The highest BCUT2D eigenvalue weighted by atomic mass is 16.4. The molecule has 2 atom stereocenters. The summed E-state index contributed by atoms with van der Waals surface area (Å²) in [5, 5.41) is 9.60. The van der Waals surface area contributed by atoms with Crippen molar-refractivity contribution in [2.24, 2.45) is 5.92 Å². The molecule has 0 aliphatic carbocycles. The van der Waals surface area contributed by atoms with E-state index >= 15 is 0 Å². The minimum atomic E-state index is -0.825. The number of fused-ring (bicyclic) bond motifs is 1. The quantitative estimate of drug-likeness (QED) is 0.886. The second-order valence-corrected chi connectivity index (χ2v) is 7.49. The fraction of sp³-hybridized carbons (Fsp3) is 0.364. The van der Waals surface area contributed by atoms with Gasteiger partial charge in [0, 0.05) is 45.1 Å². The summed E-state index contributed by atoms with van der Waals surface area (Å²) in [5.74, 6) is -1.44. The summed E-state index contributed by atoms with van der Waals surface area (Å²) in [5.41, 5.74) is 3.66. The zero-order valence-corrected chi connectivity index (χ0v) is 15.3. The maximum absolute atomic E-state index is 12.7. The van der Waals surface area contributed by atoms with Crippen molar-refractivity contribution in [2.75, 3.05) is 19.6 Å². The number of carbonyl (C=O) groups is 2. The highest BCUT2D eigenvalue weighted by Gasteiger charge is 2.40. The molecule has 0 saturated carbocycles. The zero-order chi connectivity index (χ0) is 18.8. The molecule has 0 radical (unpaired) electrons. The molecule has 27 heavy (non-hydrogen) atoms. The van der Waals surface area contributed by atoms with E-state index in [-0.39, 0.29) is 11.8 Å². The third-order valence-electron chi connectivity index (χ3n) is 5.77. The minimum Gasteiger partial charge on any atom is -0.481 e. The normalized spacial score (nSPS) is 22.0. The first-order chi connectivity index (χ1) is 13.1. The van der Waals surface area contributed by atoms with Gasteiger partial charge in [0.1, 0.15) is 0 Å². The van der Waals surface area contributed by atoms with Gasteiger partial charge in [-0.3, -0.25) is 14.5 Å². The van der Waals surface area contributed by atoms with Crippen LogP contribution in [0.15, 0.2) is 54.6 Å². The van der Waals surface area contributed by atoms with E-state index in [1.165, 1.54) is 11.1 Å². The first kappa shape index (κ1) is 17.7. The van der Waals surface area contributed by atoms with Crippen LogP contribution in [0.1, 0.15) is 29.0 Å². The van der Waals surface area contributed by atoms with Gasteiger partial charge in [-0.05, 0) is 16.7 Å². The van der Waals surface area contributed by atoms with Gasteiger partial charge < -0.3 is 10.0 Å². The largest absolute Gasteiger partial charge is 0.481 e. The van der Waals surface area contributed by atoms with Gasteiger partial charge in [-0.2, -0.15) is 0 Å². The fourth-order valence-electron chi connectivity index (χ4n) is 4.27. The molecule has 0 aromatic heterocycles. The van der Waals surface area contributed by atoms with Gasteiger partial charge in [0.15, 0.2) is 0 Å². The van der Waals surface area contributed by atoms with E-state index in [1.54, 1.807) is 4.90 Å². The summed E-state index contributed by atoms with van der Waals surface area (Å²) in [6.07, 6.45) is 0.432.